The normalized spacial score (nSPS) is 10.6. The minimum absolute atomic E-state index is 0.0114. The van der Waals surface area contributed by atoms with Crippen molar-refractivity contribution in [2.24, 2.45) is 0 Å². The predicted molar refractivity (Wildman–Crippen MR) is 112 cm³/mol. The molecule has 27 heavy (non-hydrogen) atoms. The molecule has 1 aromatic carbocycles. The molecule has 140 valence electrons. The summed E-state index contributed by atoms with van der Waals surface area (Å²) in [6.07, 6.45) is 0.830. The number of benzene rings is 1. The Balaban J connectivity index is 1.68. The van der Waals surface area contributed by atoms with E-state index in [1.165, 1.54) is 16.2 Å². The highest BCUT2D eigenvalue weighted by molar-refractivity contribution is 7.22. The topological polar surface area (TPSA) is 62.3 Å². The minimum Gasteiger partial charge on any atom is -0.332 e. The van der Waals surface area contributed by atoms with E-state index in [4.69, 9.17) is 0 Å². The van der Waals surface area contributed by atoms with Crippen molar-refractivity contribution in [3.8, 4) is 9.88 Å². The van der Waals surface area contributed by atoms with Crippen LogP contribution in [-0.4, -0.2) is 35.3 Å². The van der Waals surface area contributed by atoms with E-state index in [9.17, 15) is 9.59 Å². The van der Waals surface area contributed by atoms with Gasteiger partial charge < -0.3 is 10.2 Å². The quantitative estimate of drug-likeness (QED) is 0.666. The van der Waals surface area contributed by atoms with Crippen molar-refractivity contribution in [1.29, 1.82) is 0 Å². The number of aromatic nitrogens is 1. The van der Waals surface area contributed by atoms with Gasteiger partial charge in [-0.05, 0) is 36.4 Å². The number of thiazole rings is 1. The van der Waals surface area contributed by atoms with Gasteiger partial charge in [0.1, 0.15) is 9.88 Å². The second-order valence-corrected chi connectivity index (χ2v) is 8.08. The van der Waals surface area contributed by atoms with Gasteiger partial charge in [-0.1, -0.05) is 31.2 Å². The van der Waals surface area contributed by atoms with Crippen LogP contribution in [0.1, 0.15) is 27.9 Å². The zero-order chi connectivity index (χ0) is 19.4. The summed E-state index contributed by atoms with van der Waals surface area (Å²) >= 11 is 2.96. The first-order valence-corrected chi connectivity index (χ1v) is 10.3. The number of anilines is 1. The van der Waals surface area contributed by atoms with E-state index in [2.05, 4.69) is 10.3 Å². The van der Waals surface area contributed by atoms with Gasteiger partial charge in [0.2, 0.25) is 5.91 Å². The maximum absolute atomic E-state index is 12.8. The molecular weight excluding hydrogens is 378 g/mol. The third kappa shape index (κ3) is 4.43. The number of likely N-dealkylation sites (N-methyl/N-ethyl adjacent to an activating group) is 1. The highest BCUT2D eigenvalue weighted by Crippen LogP contribution is 2.31. The fourth-order valence-corrected chi connectivity index (χ4v) is 4.56. The minimum atomic E-state index is -0.215. The van der Waals surface area contributed by atoms with Crippen LogP contribution in [-0.2, 0) is 11.2 Å². The molecule has 2 heterocycles. The number of thiophene rings is 1. The van der Waals surface area contributed by atoms with Gasteiger partial charge >= 0.3 is 0 Å². The van der Waals surface area contributed by atoms with Gasteiger partial charge in [-0.3, -0.25) is 9.59 Å². The Bertz CT molecular complexity index is 948. The van der Waals surface area contributed by atoms with Crippen molar-refractivity contribution in [1.82, 2.24) is 9.88 Å². The zero-order valence-corrected chi connectivity index (χ0v) is 17.1. The van der Waals surface area contributed by atoms with Crippen molar-refractivity contribution in [2.75, 3.05) is 18.9 Å². The lowest BCUT2D eigenvalue weighted by Crippen LogP contribution is -2.35. The largest absolute Gasteiger partial charge is 0.332 e. The highest BCUT2D eigenvalue weighted by Gasteiger charge is 2.21. The third-order valence-electron chi connectivity index (χ3n) is 4.12. The number of aryl methyl sites for hydroxylation is 2. The first-order valence-electron chi connectivity index (χ1n) is 8.64. The number of nitrogens with zero attached hydrogens (tertiary/aromatic N) is 2. The Morgan fingerprint density at radius 1 is 1.19 bits per heavy atom. The molecule has 3 rings (SSSR count). The van der Waals surface area contributed by atoms with Gasteiger partial charge in [-0.25, -0.2) is 4.98 Å². The van der Waals surface area contributed by atoms with Crippen LogP contribution in [0.2, 0.25) is 0 Å². The summed E-state index contributed by atoms with van der Waals surface area (Å²) in [5.41, 5.74) is 2.55. The van der Waals surface area contributed by atoms with Gasteiger partial charge in [-0.2, -0.15) is 0 Å². The molecule has 0 spiro atoms. The lowest BCUT2D eigenvalue weighted by molar-refractivity contribution is -0.116. The van der Waals surface area contributed by atoms with E-state index < -0.39 is 0 Å². The molecule has 0 aliphatic rings. The molecular formula is C20H21N3O2S2. The van der Waals surface area contributed by atoms with Gasteiger partial charge in [0, 0.05) is 12.7 Å². The van der Waals surface area contributed by atoms with Crippen LogP contribution in [0.15, 0.2) is 41.8 Å². The first-order chi connectivity index (χ1) is 13.0. The molecule has 0 aliphatic carbocycles. The van der Waals surface area contributed by atoms with Gasteiger partial charge in [0.15, 0.2) is 0 Å². The smallest absolute Gasteiger partial charge is 0.266 e. The van der Waals surface area contributed by atoms with Crippen molar-refractivity contribution in [3.63, 3.8) is 0 Å². The molecule has 0 aliphatic heterocycles. The highest BCUT2D eigenvalue weighted by atomic mass is 32.1. The van der Waals surface area contributed by atoms with E-state index in [1.54, 1.807) is 18.4 Å². The Hall–Kier alpha value is -2.51. The van der Waals surface area contributed by atoms with Crippen molar-refractivity contribution < 1.29 is 9.59 Å². The maximum atomic E-state index is 12.8. The van der Waals surface area contributed by atoms with Crippen LogP contribution in [0.5, 0.6) is 0 Å². The summed E-state index contributed by atoms with van der Waals surface area (Å²) in [5.74, 6) is -0.404. The number of para-hydroxylation sites is 1. The predicted octanol–water partition coefficient (Wildman–Crippen LogP) is 4.45. The fraction of sp³-hybridized carbons (Fsp3) is 0.250. The zero-order valence-electron chi connectivity index (χ0n) is 15.5. The van der Waals surface area contributed by atoms with Gasteiger partial charge in [-0.15, -0.1) is 22.7 Å². The monoisotopic (exact) mass is 399 g/mol. The second-order valence-electron chi connectivity index (χ2n) is 6.13. The molecule has 0 saturated carbocycles. The molecule has 0 saturated heterocycles. The fourth-order valence-electron chi connectivity index (χ4n) is 2.70. The maximum Gasteiger partial charge on any atom is 0.266 e. The number of carbonyl (C=O) groups excluding carboxylic acids is 2. The lowest BCUT2D eigenvalue weighted by atomic mass is 10.1. The lowest BCUT2D eigenvalue weighted by Gasteiger charge is -2.17. The van der Waals surface area contributed by atoms with Crippen LogP contribution in [0.25, 0.3) is 9.88 Å². The number of amides is 2. The van der Waals surface area contributed by atoms with E-state index in [0.29, 0.717) is 10.6 Å². The Morgan fingerprint density at radius 2 is 1.96 bits per heavy atom. The molecule has 7 heteroatoms. The second kappa shape index (κ2) is 8.45. The Labute approximate surface area is 166 Å². The number of carbonyl (C=O) groups is 2. The molecule has 1 N–H and O–H groups in total. The number of nitrogens with one attached hydrogen (secondary N) is 1. The summed E-state index contributed by atoms with van der Waals surface area (Å²) in [6, 6.07) is 11.6. The van der Waals surface area contributed by atoms with Gasteiger partial charge in [0.05, 0.1) is 17.1 Å². The molecule has 0 fully saturated rings. The van der Waals surface area contributed by atoms with Crippen LogP contribution < -0.4 is 5.32 Å². The Kier molecular flexibility index (Phi) is 6.03. The van der Waals surface area contributed by atoms with Crippen LogP contribution in [0, 0.1) is 6.92 Å². The number of rotatable bonds is 6. The van der Waals surface area contributed by atoms with Crippen LogP contribution >= 0.6 is 22.7 Å². The van der Waals surface area contributed by atoms with Crippen LogP contribution in [0.4, 0.5) is 5.69 Å². The van der Waals surface area contributed by atoms with Crippen molar-refractivity contribution >= 4 is 40.2 Å². The van der Waals surface area contributed by atoms with Crippen molar-refractivity contribution in [3.05, 3.63) is 57.9 Å². The van der Waals surface area contributed by atoms with E-state index in [0.717, 1.165) is 27.6 Å². The Morgan fingerprint density at radius 3 is 2.67 bits per heavy atom. The molecule has 2 aromatic heterocycles. The molecule has 0 atom stereocenters. The molecule has 2 amide bonds. The summed E-state index contributed by atoms with van der Waals surface area (Å²) in [7, 11) is 1.64. The summed E-state index contributed by atoms with van der Waals surface area (Å²) in [5, 5.41) is 5.72. The molecule has 5 nitrogen and oxygen atoms in total. The average molecular weight is 400 g/mol. The standard InChI is InChI=1S/C20H21N3O2S2/c1-4-14-8-5-6-9-15(14)22-17(24)12-23(3)20(25)18-13(2)21-19(27-18)16-10-7-11-26-16/h5-11H,4,12H2,1-3H3,(H,22,24). The molecule has 3 aromatic rings. The first kappa shape index (κ1) is 19.3. The molecule has 0 radical (unpaired) electrons. The van der Waals surface area contributed by atoms with Crippen LogP contribution in [0.3, 0.4) is 0 Å². The SMILES string of the molecule is CCc1ccccc1NC(=O)CN(C)C(=O)c1sc(-c2cccs2)nc1C. The molecule has 0 bridgehead atoms. The van der Waals surface area contributed by atoms with E-state index in [1.807, 2.05) is 55.6 Å². The number of hydrogen-bond acceptors (Lipinski definition) is 5. The third-order valence-corrected chi connectivity index (χ3v) is 6.31. The van der Waals surface area contributed by atoms with E-state index in [-0.39, 0.29) is 18.4 Å². The summed E-state index contributed by atoms with van der Waals surface area (Å²) < 4.78 is 0. The molecule has 0 unspecified atom stereocenters. The van der Waals surface area contributed by atoms with Crippen molar-refractivity contribution in [2.45, 2.75) is 20.3 Å². The average Bonchev–Trinajstić information content (AvgIpc) is 3.31. The summed E-state index contributed by atoms with van der Waals surface area (Å²) in [4.78, 5) is 32.7. The van der Waals surface area contributed by atoms with E-state index >= 15 is 0 Å². The number of hydrogen-bond donors (Lipinski definition) is 1. The van der Waals surface area contributed by atoms with Gasteiger partial charge in [0.25, 0.3) is 5.91 Å². The summed E-state index contributed by atoms with van der Waals surface area (Å²) in [6.45, 7) is 3.85.